The molecule has 2 rings (SSSR count). The van der Waals surface area contributed by atoms with Gasteiger partial charge in [-0.2, -0.15) is 0 Å². The maximum Gasteiger partial charge on any atom is 0.227 e. The Kier molecular flexibility index (Phi) is 4.82. The lowest BCUT2D eigenvalue weighted by Gasteiger charge is -2.25. The summed E-state index contributed by atoms with van der Waals surface area (Å²) >= 11 is 3.39. The second-order valence-electron chi connectivity index (χ2n) is 4.96. The Morgan fingerprint density at radius 2 is 2.26 bits per heavy atom. The molecule has 2 unspecified atom stereocenters. The summed E-state index contributed by atoms with van der Waals surface area (Å²) < 4.78 is 6.08. The Hall–Kier alpha value is -1.07. The molecule has 1 aliphatic rings. The van der Waals surface area contributed by atoms with E-state index < -0.39 is 0 Å². The summed E-state index contributed by atoms with van der Waals surface area (Å²) in [5.74, 6) is 0.788. The summed E-state index contributed by atoms with van der Waals surface area (Å²) in [6, 6.07) is 5.68. The zero-order chi connectivity index (χ0) is 13.8. The van der Waals surface area contributed by atoms with E-state index in [1.165, 1.54) is 0 Å². The summed E-state index contributed by atoms with van der Waals surface area (Å²) in [5.41, 5.74) is 6.67. The molecule has 0 aliphatic heterocycles. The lowest BCUT2D eigenvalue weighted by Crippen LogP contribution is -2.34. The van der Waals surface area contributed by atoms with Crippen molar-refractivity contribution in [3.8, 4) is 5.75 Å². The van der Waals surface area contributed by atoms with Gasteiger partial charge in [0.25, 0.3) is 0 Å². The molecule has 4 nitrogen and oxygen atoms in total. The van der Waals surface area contributed by atoms with Gasteiger partial charge in [-0.1, -0.05) is 6.42 Å². The molecule has 0 saturated heterocycles. The number of anilines is 1. The third-order valence-corrected chi connectivity index (χ3v) is 4.16. The fraction of sp³-hybridized carbons (Fsp3) is 0.500. The Labute approximate surface area is 121 Å². The average Bonchev–Trinajstić information content (AvgIpc) is 2.41. The minimum atomic E-state index is 0.0263. The molecule has 0 radical (unpaired) electrons. The van der Waals surface area contributed by atoms with Gasteiger partial charge in [-0.05, 0) is 47.3 Å². The third kappa shape index (κ3) is 3.70. The molecule has 0 heterocycles. The van der Waals surface area contributed by atoms with E-state index in [0.717, 1.165) is 35.8 Å². The van der Waals surface area contributed by atoms with Crippen molar-refractivity contribution < 1.29 is 9.53 Å². The van der Waals surface area contributed by atoms with Crippen LogP contribution in [0.4, 0.5) is 5.69 Å². The van der Waals surface area contributed by atoms with Gasteiger partial charge in [0.1, 0.15) is 5.75 Å². The highest BCUT2D eigenvalue weighted by atomic mass is 79.9. The number of rotatable bonds is 3. The summed E-state index contributed by atoms with van der Waals surface area (Å²) in [4.78, 5) is 12.2. The van der Waals surface area contributed by atoms with Gasteiger partial charge in [-0.25, -0.2) is 0 Å². The molecule has 1 saturated carbocycles. The van der Waals surface area contributed by atoms with Gasteiger partial charge in [0.05, 0.1) is 11.6 Å². The van der Waals surface area contributed by atoms with E-state index in [-0.39, 0.29) is 17.9 Å². The van der Waals surface area contributed by atoms with Crippen molar-refractivity contribution in [2.24, 2.45) is 11.7 Å². The highest BCUT2D eigenvalue weighted by molar-refractivity contribution is 9.10. The molecular formula is C14H19BrN2O2. The number of carbonyl (C=O) groups is 1. The average molecular weight is 327 g/mol. The van der Waals surface area contributed by atoms with Crippen molar-refractivity contribution in [2.75, 3.05) is 12.4 Å². The molecule has 19 heavy (non-hydrogen) atoms. The first-order chi connectivity index (χ1) is 9.10. The summed E-state index contributed by atoms with van der Waals surface area (Å²) in [5, 5.41) is 2.94. The first kappa shape index (κ1) is 14.3. The zero-order valence-electron chi connectivity index (χ0n) is 11.0. The topological polar surface area (TPSA) is 64.3 Å². The monoisotopic (exact) mass is 326 g/mol. The van der Waals surface area contributed by atoms with Crippen LogP contribution in [0.3, 0.4) is 0 Å². The minimum Gasteiger partial charge on any atom is -0.495 e. The van der Waals surface area contributed by atoms with Crippen LogP contribution in [-0.2, 0) is 4.79 Å². The van der Waals surface area contributed by atoms with Crippen LogP contribution in [-0.4, -0.2) is 19.1 Å². The second kappa shape index (κ2) is 6.39. The van der Waals surface area contributed by atoms with Gasteiger partial charge >= 0.3 is 0 Å². The van der Waals surface area contributed by atoms with Crippen molar-refractivity contribution in [1.82, 2.24) is 0 Å². The van der Waals surface area contributed by atoms with Crippen molar-refractivity contribution >= 4 is 27.5 Å². The number of carbonyl (C=O) groups excluding carboxylic acids is 1. The number of methoxy groups -OCH3 is 1. The summed E-state index contributed by atoms with van der Waals surface area (Å²) in [6.45, 7) is 0. The maximum atomic E-state index is 12.2. The molecular weight excluding hydrogens is 308 g/mol. The standard InChI is InChI=1S/C14H19BrN2O2/c1-19-13-8-11(5-6-12(13)15)17-14(18)9-3-2-4-10(16)7-9/h5-6,8-10H,2-4,7,16H2,1H3,(H,17,18). The smallest absolute Gasteiger partial charge is 0.227 e. The van der Waals surface area contributed by atoms with Crippen LogP contribution in [0.15, 0.2) is 22.7 Å². The Morgan fingerprint density at radius 3 is 2.95 bits per heavy atom. The van der Waals surface area contributed by atoms with Crippen LogP contribution in [0.1, 0.15) is 25.7 Å². The number of hydrogen-bond donors (Lipinski definition) is 2. The number of benzene rings is 1. The number of hydrogen-bond acceptors (Lipinski definition) is 3. The lowest BCUT2D eigenvalue weighted by molar-refractivity contribution is -0.120. The van der Waals surface area contributed by atoms with Crippen LogP contribution >= 0.6 is 15.9 Å². The highest BCUT2D eigenvalue weighted by Crippen LogP contribution is 2.29. The predicted molar refractivity (Wildman–Crippen MR) is 79.3 cm³/mol. The number of amides is 1. The number of nitrogens with two attached hydrogens (primary N) is 1. The van der Waals surface area contributed by atoms with Crippen LogP contribution in [0.2, 0.25) is 0 Å². The Balaban J connectivity index is 2.02. The molecule has 0 aromatic heterocycles. The summed E-state index contributed by atoms with van der Waals surface area (Å²) in [6.07, 6.45) is 3.76. The molecule has 1 aromatic rings. The Morgan fingerprint density at radius 1 is 1.47 bits per heavy atom. The zero-order valence-corrected chi connectivity index (χ0v) is 12.6. The van der Waals surface area contributed by atoms with E-state index >= 15 is 0 Å². The molecule has 104 valence electrons. The van der Waals surface area contributed by atoms with Crippen LogP contribution in [0, 0.1) is 5.92 Å². The number of halogens is 1. The predicted octanol–water partition coefficient (Wildman–Crippen LogP) is 2.91. The largest absolute Gasteiger partial charge is 0.495 e. The van der Waals surface area contributed by atoms with Crippen LogP contribution < -0.4 is 15.8 Å². The fourth-order valence-electron chi connectivity index (χ4n) is 2.45. The van der Waals surface area contributed by atoms with E-state index in [0.29, 0.717) is 5.75 Å². The van der Waals surface area contributed by atoms with Gasteiger partial charge in [0.15, 0.2) is 0 Å². The Bertz CT molecular complexity index is 465. The van der Waals surface area contributed by atoms with Crippen LogP contribution in [0.5, 0.6) is 5.75 Å². The quantitative estimate of drug-likeness (QED) is 0.897. The molecule has 0 spiro atoms. The molecule has 3 N–H and O–H groups in total. The van der Waals surface area contributed by atoms with Gasteiger partial charge in [0, 0.05) is 23.7 Å². The number of ether oxygens (including phenoxy) is 1. The fourth-order valence-corrected chi connectivity index (χ4v) is 2.86. The van der Waals surface area contributed by atoms with E-state index in [1.54, 1.807) is 7.11 Å². The number of nitrogens with one attached hydrogen (secondary N) is 1. The van der Waals surface area contributed by atoms with Gasteiger partial charge < -0.3 is 15.8 Å². The third-order valence-electron chi connectivity index (χ3n) is 3.50. The molecule has 5 heteroatoms. The molecule has 1 aromatic carbocycles. The van der Waals surface area contributed by atoms with Crippen molar-refractivity contribution in [3.05, 3.63) is 22.7 Å². The SMILES string of the molecule is COc1cc(NC(=O)C2CCCC(N)C2)ccc1Br. The van der Waals surface area contributed by atoms with Crippen LogP contribution in [0.25, 0.3) is 0 Å². The van der Waals surface area contributed by atoms with Gasteiger partial charge in [-0.3, -0.25) is 4.79 Å². The lowest BCUT2D eigenvalue weighted by atomic mass is 9.85. The van der Waals surface area contributed by atoms with Gasteiger partial charge in [0.2, 0.25) is 5.91 Å². The molecule has 1 aliphatic carbocycles. The van der Waals surface area contributed by atoms with Crippen molar-refractivity contribution in [2.45, 2.75) is 31.7 Å². The van der Waals surface area contributed by atoms with E-state index in [1.807, 2.05) is 18.2 Å². The molecule has 1 amide bonds. The first-order valence-electron chi connectivity index (χ1n) is 6.50. The first-order valence-corrected chi connectivity index (χ1v) is 7.29. The van der Waals surface area contributed by atoms with E-state index in [4.69, 9.17) is 10.5 Å². The molecule has 2 atom stereocenters. The highest BCUT2D eigenvalue weighted by Gasteiger charge is 2.25. The normalized spacial score (nSPS) is 22.9. The van der Waals surface area contributed by atoms with Crippen molar-refractivity contribution in [3.63, 3.8) is 0 Å². The summed E-state index contributed by atoms with van der Waals surface area (Å²) in [7, 11) is 1.60. The second-order valence-corrected chi connectivity index (χ2v) is 5.82. The minimum absolute atomic E-state index is 0.0263. The van der Waals surface area contributed by atoms with Crippen molar-refractivity contribution in [1.29, 1.82) is 0 Å². The maximum absolute atomic E-state index is 12.2. The van der Waals surface area contributed by atoms with E-state index in [9.17, 15) is 4.79 Å². The molecule has 1 fully saturated rings. The molecule has 0 bridgehead atoms. The van der Waals surface area contributed by atoms with E-state index in [2.05, 4.69) is 21.2 Å². The van der Waals surface area contributed by atoms with Gasteiger partial charge in [-0.15, -0.1) is 0 Å².